The number of nitrogens with zero attached hydrogens (tertiary/aromatic N) is 3. The van der Waals surface area contributed by atoms with Gasteiger partial charge in [-0.2, -0.15) is 5.26 Å². The van der Waals surface area contributed by atoms with Crippen molar-refractivity contribution in [3.05, 3.63) is 11.8 Å². The normalized spacial score (nSPS) is 17.6. The van der Waals surface area contributed by atoms with Gasteiger partial charge in [-0.25, -0.2) is 0 Å². The van der Waals surface area contributed by atoms with Crippen molar-refractivity contribution in [1.29, 1.82) is 5.26 Å². The summed E-state index contributed by atoms with van der Waals surface area (Å²) >= 11 is 0. The van der Waals surface area contributed by atoms with E-state index in [9.17, 15) is 14.4 Å². The molecule has 2 heterocycles. The molecule has 0 radical (unpaired) electrons. The second-order valence-corrected chi connectivity index (χ2v) is 6.56. The fourth-order valence-electron chi connectivity index (χ4n) is 3.14. The predicted octanol–water partition coefficient (Wildman–Crippen LogP) is 0.125. The van der Waals surface area contributed by atoms with E-state index in [0.29, 0.717) is 45.4 Å². The van der Waals surface area contributed by atoms with Gasteiger partial charge in [-0.15, -0.1) is 0 Å². The Labute approximate surface area is 154 Å². The van der Waals surface area contributed by atoms with Gasteiger partial charge in [-0.1, -0.05) is 0 Å². The highest BCUT2D eigenvalue weighted by Crippen LogP contribution is 2.10. The molecule has 0 unspecified atom stereocenters. The molecule has 2 fully saturated rings. The Morgan fingerprint density at radius 2 is 1.62 bits per heavy atom. The molecule has 142 valence electrons. The molecule has 0 spiro atoms. The van der Waals surface area contributed by atoms with Crippen LogP contribution in [0.3, 0.4) is 0 Å². The lowest BCUT2D eigenvalue weighted by molar-refractivity contribution is -0.128. The lowest BCUT2D eigenvalue weighted by Crippen LogP contribution is -2.31. The Kier molecular flexibility index (Phi) is 7.93. The first-order valence-corrected chi connectivity index (χ1v) is 9.29. The molecule has 2 saturated heterocycles. The summed E-state index contributed by atoms with van der Waals surface area (Å²) in [6, 6.07) is 1.89. The maximum Gasteiger partial charge on any atom is 0.263 e. The molecule has 2 aliphatic rings. The summed E-state index contributed by atoms with van der Waals surface area (Å²) in [4.78, 5) is 38.6. The van der Waals surface area contributed by atoms with E-state index in [1.165, 1.54) is 6.20 Å². The van der Waals surface area contributed by atoms with Gasteiger partial charge >= 0.3 is 0 Å². The van der Waals surface area contributed by atoms with Crippen molar-refractivity contribution < 1.29 is 14.4 Å². The molecule has 2 rings (SSSR count). The zero-order valence-corrected chi connectivity index (χ0v) is 15.1. The van der Waals surface area contributed by atoms with Crippen molar-refractivity contribution in [2.24, 2.45) is 0 Å². The first kappa shape index (κ1) is 19.8. The summed E-state index contributed by atoms with van der Waals surface area (Å²) in [7, 11) is 0. The van der Waals surface area contributed by atoms with Crippen LogP contribution in [0.15, 0.2) is 11.8 Å². The van der Waals surface area contributed by atoms with Crippen molar-refractivity contribution >= 4 is 17.7 Å². The minimum atomic E-state index is -0.414. The molecular formula is C18H27N5O3. The molecule has 0 aromatic rings. The van der Waals surface area contributed by atoms with Crippen LogP contribution in [0.2, 0.25) is 0 Å². The summed E-state index contributed by atoms with van der Waals surface area (Å²) in [5, 5.41) is 14.8. The Bertz CT molecular complexity index is 596. The monoisotopic (exact) mass is 361 g/mol. The van der Waals surface area contributed by atoms with Gasteiger partial charge in [-0.3, -0.25) is 14.4 Å². The first-order chi connectivity index (χ1) is 12.6. The second-order valence-electron chi connectivity index (χ2n) is 6.56. The number of carbonyl (C=O) groups excluding carboxylic acids is 3. The predicted molar refractivity (Wildman–Crippen MR) is 95.6 cm³/mol. The van der Waals surface area contributed by atoms with Crippen molar-refractivity contribution in [2.75, 3.05) is 39.3 Å². The summed E-state index contributed by atoms with van der Waals surface area (Å²) in [5.74, 6) is -0.0375. The summed E-state index contributed by atoms with van der Waals surface area (Å²) in [5.41, 5.74) is 0.0273. The van der Waals surface area contributed by atoms with Crippen LogP contribution < -0.4 is 10.6 Å². The summed E-state index contributed by atoms with van der Waals surface area (Å²) in [6.07, 6.45) is 5.95. The molecule has 8 nitrogen and oxygen atoms in total. The number of amides is 3. The minimum Gasteiger partial charge on any atom is -0.390 e. The van der Waals surface area contributed by atoms with Crippen molar-refractivity contribution in [3.63, 3.8) is 0 Å². The standard InChI is InChI=1S/C18H27N5O3/c19-13-15(14-20-7-3-11-22-9-1-5-16(22)24)18(26)21-8-4-12-23-10-2-6-17(23)25/h14,20H,1-12H2,(H,21,26)/b15-14-. The van der Waals surface area contributed by atoms with Gasteiger partial charge in [0.25, 0.3) is 5.91 Å². The van der Waals surface area contributed by atoms with Crippen molar-refractivity contribution in [2.45, 2.75) is 38.5 Å². The van der Waals surface area contributed by atoms with E-state index in [-0.39, 0.29) is 17.4 Å². The summed E-state index contributed by atoms with van der Waals surface area (Å²) < 4.78 is 0. The Morgan fingerprint density at radius 3 is 2.12 bits per heavy atom. The van der Waals surface area contributed by atoms with Crippen LogP contribution in [0.25, 0.3) is 0 Å². The van der Waals surface area contributed by atoms with Crippen LogP contribution in [-0.4, -0.2) is 66.8 Å². The molecule has 3 amide bonds. The largest absolute Gasteiger partial charge is 0.390 e. The Balaban J connectivity index is 1.59. The van der Waals surface area contributed by atoms with Crippen molar-refractivity contribution in [1.82, 2.24) is 20.4 Å². The summed E-state index contributed by atoms with van der Waals surface area (Å²) in [6.45, 7) is 3.98. The van der Waals surface area contributed by atoms with Gasteiger partial charge in [-0.05, 0) is 25.7 Å². The van der Waals surface area contributed by atoms with Crippen molar-refractivity contribution in [3.8, 4) is 6.07 Å². The molecule has 0 aromatic carbocycles. The van der Waals surface area contributed by atoms with Gasteiger partial charge in [0.05, 0.1) is 0 Å². The van der Waals surface area contributed by atoms with Crippen LogP contribution in [0.5, 0.6) is 0 Å². The fourth-order valence-corrected chi connectivity index (χ4v) is 3.14. The molecule has 26 heavy (non-hydrogen) atoms. The van der Waals surface area contributed by atoms with E-state index in [4.69, 9.17) is 5.26 Å². The van der Waals surface area contributed by atoms with Gasteiger partial charge in [0.2, 0.25) is 11.8 Å². The average Bonchev–Trinajstić information content (AvgIpc) is 3.23. The molecular weight excluding hydrogens is 334 g/mol. The molecule has 0 saturated carbocycles. The van der Waals surface area contributed by atoms with Crippen LogP contribution in [-0.2, 0) is 14.4 Å². The smallest absolute Gasteiger partial charge is 0.263 e. The van der Waals surface area contributed by atoms with Crippen LogP contribution in [0.1, 0.15) is 38.5 Å². The molecule has 2 aliphatic heterocycles. The highest BCUT2D eigenvalue weighted by molar-refractivity contribution is 5.97. The number of hydrogen-bond donors (Lipinski definition) is 2. The topological polar surface area (TPSA) is 106 Å². The molecule has 0 atom stereocenters. The van der Waals surface area contributed by atoms with E-state index >= 15 is 0 Å². The Hall–Kier alpha value is -2.56. The molecule has 0 aliphatic carbocycles. The van der Waals surface area contributed by atoms with E-state index in [2.05, 4.69) is 10.6 Å². The number of carbonyl (C=O) groups is 3. The SMILES string of the molecule is N#C/C(=C/NCCCN1CCCC1=O)C(=O)NCCCN1CCCC1=O. The highest BCUT2D eigenvalue weighted by Gasteiger charge is 2.20. The molecule has 2 N–H and O–H groups in total. The molecule has 8 heteroatoms. The maximum atomic E-state index is 12.0. The first-order valence-electron chi connectivity index (χ1n) is 9.29. The number of likely N-dealkylation sites (tertiary alicyclic amines) is 2. The van der Waals surface area contributed by atoms with E-state index in [0.717, 1.165) is 32.4 Å². The lowest BCUT2D eigenvalue weighted by Gasteiger charge is -2.15. The zero-order valence-electron chi connectivity index (χ0n) is 15.1. The average molecular weight is 361 g/mol. The minimum absolute atomic E-state index is 0.0273. The fraction of sp³-hybridized carbons (Fsp3) is 0.667. The second kappa shape index (κ2) is 10.4. The van der Waals surface area contributed by atoms with E-state index in [1.54, 1.807) is 4.90 Å². The lowest BCUT2D eigenvalue weighted by atomic mass is 10.3. The number of nitriles is 1. The zero-order chi connectivity index (χ0) is 18.8. The van der Waals surface area contributed by atoms with Gasteiger partial charge in [0.15, 0.2) is 0 Å². The third-order valence-electron chi connectivity index (χ3n) is 4.59. The third kappa shape index (κ3) is 6.06. The number of nitrogens with one attached hydrogen (secondary N) is 2. The van der Waals surface area contributed by atoms with Gasteiger partial charge < -0.3 is 20.4 Å². The maximum absolute atomic E-state index is 12.0. The number of hydrogen-bond acceptors (Lipinski definition) is 5. The highest BCUT2D eigenvalue weighted by atomic mass is 16.2. The Morgan fingerprint density at radius 1 is 1.04 bits per heavy atom. The van der Waals surface area contributed by atoms with Crippen LogP contribution in [0, 0.1) is 11.3 Å². The van der Waals surface area contributed by atoms with Crippen LogP contribution in [0.4, 0.5) is 0 Å². The molecule has 0 aromatic heterocycles. The molecule has 0 bridgehead atoms. The van der Waals surface area contributed by atoms with E-state index < -0.39 is 5.91 Å². The van der Waals surface area contributed by atoms with Gasteiger partial charge in [0, 0.05) is 58.3 Å². The third-order valence-corrected chi connectivity index (χ3v) is 4.59. The van der Waals surface area contributed by atoms with Crippen LogP contribution >= 0.6 is 0 Å². The number of rotatable bonds is 10. The van der Waals surface area contributed by atoms with Gasteiger partial charge in [0.1, 0.15) is 11.6 Å². The van der Waals surface area contributed by atoms with E-state index in [1.807, 2.05) is 11.0 Å². The quantitative estimate of drug-likeness (QED) is 0.327.